The van der Waals surface area contributed by atoms with Crippen LogP contribution < -0.4 is 0 Å². The van der Waals surface area contributed by atoms with Crippen molar-refractivity contribution in [2.75, 3.05) is 40.3 Å². The van der Waals surface area contributed by atoms with Gasteiger partial charge in [0.15, 0.2) is 6.29 Å². The second-order valence-electron chi connectivity index (χ2n) is 5.06. The Kier molecular flexibility index (Phi) is 9.30. The highest BCUT2D eigenvalue weighted by Crippen LogP contribution is 2.28. The fourth-order valence-corrected chi connectivity index (χ4v) is 3.17. The zero-order valence-corrected chi connectivity index (χ0v) is 14.4. The highest BCUT2D eigenvalue weighted by atomic mass is 32.2. The molecule has 6 atom stereocenters. The van der Waals surface area contributed by atoms with Crippen molar-refractivity contribution in [1.29, 1.82) is 0 Å². The lowest BCUT2D eigenvalue weighted by Crippen LogP contribution is -2.61. The Balaban J connectivity index is 2.95. The highest BCUT2D eigenvalue weighted by molar-refractivity contribution is 7.92. The van der Waals surface area contributed by atoms with Crippen molar-refractivity contribution < 1.29 is 38.7 Å². The van der Waals surface area contributed by atoms with E-state index in [0.29, 0.717) is 5.75 Å². The van der Waals surface area contributed by atoms with Crippen LogP contribution in [0.4, 0.5) is 0 Å². The maximum atomic E-state index is 10.8. The summed E-state index contributed by atoms with van der Waals surface area (Å²) in [4.78, 5) is 10.8. The van der Waals surface area contributed by atoms with E-state index < -0.39 is 53.5 Å². The summed E-state index contributed by atoms with van der Waals surface area (Å²) in [6.45, 7) is -0.553. The molecule has 2 N–H and O–H groups in total. The van der Waals surface area contributed by atoms with Gasteiger partial charge in [0, 0.05) is 21.3 Å². The first-order valence-electron chi connectivity index (χ1n) is 7.05. The third-order valence-corrected chi connectivity index (χ3v) is 4.52. The molecule has 0 aromatic carbocycles. The molecule has 0 amide bonds. The molecule has 5 unspecified atom stereocenters. The Morgan fingerprint density at radius 3 is 2.30 bits per heavy atom. The van der Waals surface area contributed by atoms with E-state index in [1.54, 1.807) is 0 Å². The molecule has 0 aromatic rings. The van der Waals surface area contributed by atoms with E-state index in [1.807, 2.05) is 5.23 Å². The van der Waals surface area contributed by atoms with Gasteiger partial charge >= 0.3 is 0 Å². The van der Waals surface area contributed by atoms with Crippen LogP contribution in [-0.2, 0) is 38.6 Å². The first-order chi connectivity index (χ1) is 11.0. The van der Waals surface area contributed by atoms with Crippen molar-refractivity contribution in [2.45, 2.75) is 36.8 Å². The Morgan fingerprint density at radius 2 is 1.83 bits per heavy atom. The molecule has 1 saturated heterocycles. The number of rotatable bonds is 9. The van der Waals surface area contributed by atoms with E-state index >= 15 is 0 Å². The molecule has 9 heteroatoms. The first kappa shape index (κ1) is 20.6. The number of hydrogen-bond donors (Lipinski definition) is 2. The Morgan fingerprint density at radius 1 is 1.22 bits per heavy atom. The molecule has 0 spiro atoms. The average Bonchev–Trinajstić information content (AvgIpc) is 2.58. The quantitative estimate of drug-likeness (QED) is 0.371. The van der Waals surface area contributed by atoms with Crippen LogP contribution in [0.2, 0.25) is 0 Å². The lowest BCUT2D eigenvalue weighted by Gasteiger charge is -2.45. The number of carbonyl (C=O) groups excluding carboxylic acids is 1. The number of aliphatic hydroxyl groups is 2. The highest BCUT2D eigenvalue weighted by Gasteiger charge is 2.46. The standard InChI is InChI=1S/C14H25O8S/c1-18-11-10(7-23(4)8-16)22-14(21-6-9(17)5-15)13(20-3)12(11)19-2/h9-15,17H,4-7H2,1-3H3/q-1/t9?,10?,11-,12?,13?,14?/m0/s1. The second-order valence-corrected chi connectivity index (χ2v) is 6.54. The summed E-state index contributed by atoms with van der Waals surface area (Å²) >= 11 is 0. The summed E-state index contributed by atoms with van der Waals surface area (Å²) in [5, 5.41) is 20.1. The van der Waals surface area contributed by atoms with Crippen LogP contribution in [0.5, 0.6) is 0 Å². The number of ether oxygens (including phenoxy) is 5. The largest absolute Gasteiger partial charge is 0.394 e. The third kappa shape index (κ3) is 5.53. The summed E-state index contributed by atoms with van der Waals surface area (Å²) in [5.74, 6) is 4.01. The van der Waals surface area contributed by atoms with Crippen LogP contribution in [0.15, 0.2) is 0 Å². The summed E-state index contributed by atoms with van der Waals surface area (Å²) in [7, 11) is 3.66. The maximum absolute atomic E-state index is 10.8. The summed E-state index contributed by atoms with van der Waals surface area (Å²) in [5.41, 5.74) is 0. The van der Waals surface area contributed by atoms with E-state index in [-0.39, 0.29) is 6.61 Å². The predicted molar refractivity (Wildman–Crippen MR) is 85.1 cm³/mol. The Labute approximate surface area is 137 Å². The molecule has 0 aromatic heterocycles. The van der Waals surface area contributed by atoms with Gasteiger partial charge in [-0.05, 0) is 5.23 Å². The van der Waals surface area contributed by atoms with E-state index in [4.69, 9.17) is 28.8 Å². The minimum absolute atomic E-state index is 0.127. The van der Waals surface area contributed by atoms with Crippen molar-refractivity contribution in [3.63, 3.8) is 0 Å². The molecular formula is C14H25O8S-. The van der Waals surface area contributed by atoms with Crippen molar-refractivity contribution in [3.8, 4) is 0 Å². The molecule has 8 nitrogen and oxygen atoms in total. The zero-order valence-electron chi connectivity index (χ0n) is 13.5. The Bertz CT molecular complexity index is 446. The topological polar surface area (TPSA) is 104 Å². The minimum Gasteiger partial charge on any atom is -0.394 e. The van der Waals surface area contributed by atoms with Gasteiger partial charge in [-0.15, -0.1) is 0 Å². The van der Waals surface area contributed by atoms with Gasteiger partial charge in [-0.3, -0.25) is 4.79 Å². The van der Waals surface area contributed by atoms with Gasteiger partial charge in [-0.2, -0.15) is 0 Å². The van der Waals surface area contributed by atoms with Crippen LogP contribution in [0.3, 0.4) is 0 Å². The minimum atomic E-state index is -1.03. The van der Waals surface area contributed by atoms with Gasteiger partial charge in [0.1, 0.15) is 24.4 Å². The predicted octanol–water partition coefficient (Wildman–Crippen LogP) is -1.76. The lowest BCUT2D eigenvalue weighted by molar-refractivity contribution is -0.307. The summed E-state index contributed by atoms with van der Waals surface area (Å²) < 4.78 is 27.7. The molecule has 1 aliphatic heterocycles. The van der Waals surface area contributed by atoms with Gasteiger partial charge < -0.3 is 44.0 Å². The molecular weight excluding hydrogens is 328 g/mol. The monoisotopic (exact) mass is 353 g/mol. The lowest BCUT2D eigenvalue weighted by atomic mass is 9.99. The fraction of sp³-hybridized carbons (Fsp3) is 0.857. The van der Waals surface area contributed by atoms with Gasteiger partial charge in [-0.1, -0.05) is 5.75 Å². The molecule has 0 saturated carbocycles. The molecule has 1 rings (SSSR count). The van der Waals surface area contributed by atoms with E-state index in [2.05, 4.69) is 5.87 Å². The van der Waals surface area contributed by atoms with E-state index in [1.165, 1.54) is 21.3 Å². The third-order valence-electron chi connectivity index (χ3n) is 3.55. The normalized spacial score (nSPS) is 32.7. The van der Waals surface area contributed by atoms with E-state index in [0.717, 1.165) is 0 Å². The molecule has 0 radical (unpaired) electrons. The van der Waals surface area contributed by atoms with Crippen LogP contribution in [-0.4, -0.2) is 98.4 Å². The summed E-state index contributed by atoms with van der Waals surface area (Å²) in [6.07, 6.45) is -3.94. The second kappa shape index (κ2) is 10.4. The zero-order chi connectivity index (χ0) is 17.4. The van der Waals surface area contributed by atoms with Crippen LogP contribution in [0.1, 0.15) is 0 Å². The number of hydrogen-bond acceptors (Lipinski definition) is 9. The molecule has 1 heterocycles. The molecule has 23 heavy (non-hydrogen) atoms. The fourth-order valence-electron chi connectivity index (χ4n) is 2.44. The van der Waals surface area contributed by atoms with Gasteiger partial charge in [0.05, 0.1) is 19.3 Å². The Hall–Kier alpha value is -0.480. The first-order valence-corrected chi connectivity index (χ1v) is 8.61. The van der Waals surface area contributed by atoms with Gasteiger partial charge in [0.2, 0.25) is 0 Å². The molecule has 0 aliphatic carbocycles. The average molecular weight is 353 g/mol. The van der Waals surface area contributed by atoms with E-state index in [9.17, 15) is 9.90 Å². The van der Waals surface area contributed by atoms with Crippen LogP contribution in [0, 0.1) is 0 Å². The van der Waals surface area contributed by atoms with Crippen LogP contribution >= 0.6 is 0 Å². The van der Waals surface area contributed by atoms with Crippen molar-refractivity contribution in [2.24, 2.45) is 0 Å². The molecule has 1 aliphatic rings. The maximum Gasteiger partial charge on any atom is 0.186 e. The summed E-state index contributed by atoms with van der Waals surface area (Å²) in [6, 6.07) is 0. The SMILES string of the molecule is C=[S-](=C=O)CC1OC(OCC(O)CO)C(OC)C(OC)[C@H]1OC. The van der Waals surface area contributed by atoms with Gasteiger partial charge in [-0.25, -0.2) is 5.87 Å². The molecule has 1 fully saturated rings. The number of aliphatic hydroxyl groups excluding tert-OH is 2. The van der Waals surface area contributed by atoms with Crippen molar-refractivity contribution in [3.05, 3.63) is 0 Å². The van der Waals surface area contributed by atoms with Crippen molar-refractivity contribution in [1.82, 2.24) is 0 Å². The van der Waals surface area contributed by atoms with Gasteiger partial charge in [0.25, 0.3) is 0 Å². The van der Waals surface area contributed by atoms with Crippen molar-refractivity contribution >= 4 is 21.2 Å². The van der Waals surface area contributed by atoms with Crippen LogP contribution in [0.25, 0.3) is 0 Å². The smallest absolute Gasteiger partial charge is 0.186 e. The number of methoxy groups -OCH3 is 3. The molecule has 0 bridgehead atoms. The molecule has 136 valence electrons.